The third-order valence-corrected chi connectivity index (χ3v) is 6.82. The molecule has 0 radical (unpaired) electrons. The van der Waals surface area contributed by atoms with Crippen molar-refractivity contribution in [2.45, 2.75) is 24.7 Å². The molecule has 2 atom stereocenters. The molecule has 2 aliphatic heterocycles. The lowest BCUT2D eigenvalue weighted by Crippen LogP contribution is -2.43. The lowest BCUT2D eigenvalue weighted by molar-refractivity contribution is 0.318. The maximum atomic E-state index is 14.6. The summed E-state index contributed by atoms with van der Waals surface area (Å²) >= 11 is 6.56. The summed E-state index contributed by atoms with van der Waals surface area (Å²) in [5.41, 5.74) is 2.74. The standard InChI is InChI=1S/C24H20ClF3N6/c25-18-10-30-20-3-4-22(32-24(20)23(18)13-7-31-34(11-13)16-8-29-9-16)33-12-15(27)6-21(33)17-5-14(26)1-2-19(17)28/h1-5,7,10-11,15-16,21,29H,6,8-9,12H2/t15-,21+/m0/s1. The number of anilines is 1. The number of pyridine rings is 2. The number of fused-ring (bicyclic) bond motifs is 1. The number of hydrogen-bond acceptors (Lipinski definition) is 5. The molecular weight excluding hydrogens is 465 g/mol. The van der Waals surface area contributed by atoms with Gasteiger partial charge in [-0.25, -0.2) is 18.2 Å². The second-order valence-corrected chi connectivity index (χ2v) is 9.11. The molecule has 3 aromatic heterocycles. The third-order valence-electron chi connectivity index (χ3n) is 6.54. The fraction of sp³-hybridized carbons (Fsp3) is 0.292. The van der Waals surface area contributed by atoms with Crippen LogP contribution in [-0.4, -0.2) is 45.6 Å². The van der Waals surface area contributed by atoms with Gasteiger partial charge in [0, 0.05) is 48.6 Å². The van der Waals surface area contributed by atoms with Gasteiger partial charge in [-0.15, -0.1) is 0 Å². The molecule has 0 saturated carbocycles. The van der Waals surface area contributed by atoms with E-state index in [4.69, 9.17) is 16.6 Å². The monoisotopic (exact) mass is 484 g/mol. The zero-order valence-electron chi connectivity index (χ0n) is 17.9. The molecule has 4 aromatic rings. The van der Waals surface area contributed by atoms with Gasteiger partial charge in [-0.2, -0.15) is 5.10 Å². The minimum atomic E-state index is -1.20. The van der Waals surface area contributed by atoms with Crippen LogP contribution < -0.4 is 10.2 Å². The molecule has 0 unspecified atom stereocenters. The van der Waals surface area contributed by atoms with Crippen LogP contribution in [0.5, 0.6) is 0 Å². The van der Waals surface area contributed by atoms with Gasteiger partial charge in [0.2, 0.25) is 0 Å². The molecule has 0 bridgehead atoms. The topological polar surface area (TPSA) is 58.9 Å². The van der Waals surface area contributed by atoms with E-state index in [1.807, 2.05) is 10.9 Å². The van der Waals surface area contributed by atoms with Crippen molar-refractivity contribution >= 4 is 28.5 Å². The highest BCUT2D eigenvalue weighted by atomic mass is 35.5. The summed E-state index contributed by atoms with van der Waals surface area (Å²) in [6.45, 7) is 1.73. The van der Waals surface area contributed by atoms with Crippen LogP contribution >= 0.6 is 11.6 Å². The van der Waals surface area contributed by atoms with Crippen LogP contribution in [0, 0.1) is 11.6 Å². The second kappa shape index (κ2) is 8.25. The van der Waals surface area contributed by atoms with E-state index in [9.17, 15) is 13.2 Å². The largest absolute Gasteiger partial charge is 0.346 e. The number of rotatable bonds is 4. The van der Waals surface area contributed by atoms with E-state index in [-0.39, 0.29) is 24.6 Å². The molecule has 174 valence electrons. The van der Waals surface area contributed by atoms with E-state index < -0.39 is 23.8 Å². The van der Waals surface area contributed by atoms with Crippen LogP contribution in [0.3, 0.4) is 0 Å². The Kier molecular flexibility index (Phi) is 5.18. The number of aromatic nitrogens is 4. The van der Waals surface area contributed by atoms with Crippen LogP contribution in [0.25, 0.3) is 22.2 Å². The normalized spacial score (nSPS) is 20.8. The van der Waals surface area contributed by atoms with Crippen molar-refractivity contribution in [3.8, 4) is 11.1 Å². The maximum absolute atomic E-state index is 14.6. The molecule has 1 N–H and O–H groups in total. The van der Waals surface area contributed by atoms with Crippen LogP contribution in [-0.2, 0) is 0 Å². The Labute approximate surface area is 198 Å². The Bertz CT molecular complexity index is 1390. The van der Waals surface area contributed by atoms with Crippen molar-refractivity contribution in [3.05, 3.63) is 71.1 Å². The number of nitrogens with one attached hydrogen (secondary N) is 1. The first-order valence-electron chi connectivity index (χ1n) is 11.0. The summed E-state index contributed by atoms with van der Waals surface area (Å²) in [5, 5.41) is 8.11. The van der Waals surface area contributed by atoms with Gasteiger partial charge in [-0.1, -0.05) is 11.6 Å². The molecule has 2 aliphatic rings. The van der Waals surface area contributed by atoms with Crippen LogP contribution in [0.2, 0.25) is 5.02 Å². The average molecular weight is 485 g/mol. The second-order valence-electron chi connectivity index (χ2n) is 8.71. The first-order valence-corrected chi connectivity index (χ1v) is 11.4. The lowest BCUT2D eigenvalue weighted by atomic mass is 10.0. The van der Waals surface area contributed by atoms with Crippen molar-refractivity contribution in [1.82, 2.24) is 25.1 Å². The quantitative estimate of drug-likeness (QED) is 0.448. The Morgan fingerprint density at radius 2 is 1.94 bits per heavy atom. The van der Waals surface area contributed by atoms with Crippen LogP contribution in [0.15, 0.2) is 48.9 Å². The molecule has 5 heterocycles. The number of alkyl halides is 1. The molecule has 6 nitrogen and oxygen atoms in total. The average Bonchev–Trinajstić information content (AvgIpc) is 3.40. The van der Waals surface area contributed by atoms with E-state index in [1.54, 1.807) is 29.4 Å². The van der Waals surface area contributed by atoms with Gasteiger partial charge >= 0.3 is 0 Å². The zero-order chi connectivity index (χ0) is 23.4. The van der Waals surface area contributed by atoms with Crippen molar-refractivity contribution in [3.63, 3.8) is 0 Å². The van der Waals surface area contributed by atoms with Gasteiger partial charge < -0.3 is 10.2 Å². The number of nitrogens with zero attached hydrogens (tertiary/aromatic N) is 5. The highest BCUT2D eigenvalue weighted by molar-refractivity contribution is 6.34. The number of benzene rings is 1. The van der Waals surface area contributed by atoms with Gasteiger partial charge in [0.25, 0.3) is 0 Å². The molecule has 2 saturated heterocycles. The van der Waals surface area contributed by atoms with Crippen LogP contribution in [0.4, 0.5) is 19.0 Å². The smallest absolute Gasteiger partial charge is 0.130 e. The summed E-state index contributed by atoms with van der Waals surface area (Å²) < 4.78 is 44.9. The minimum Gasteiger partial charge on any atom is -0.346 e. The summed E-state index contributed by atoms with van der Waals surface area (Å²) in [5.74, 6) is -0.695. The molecule has 0 spiro atoms. The summed E-state index contributed by atoms with van der Waals surface area (Å²) in [7, 11) is 0. The third kappa shape index (κ3) is 3.59. The molecule has 0 amide bonds. The van der Waals surface area contributed by atoms with E-state index >= 15 is 0 Å². The summed E-state index contributed by atoms with van der Waals surface area (Å²) in [6, 6.07) is 6.36. The van der Waals surface area contributed by atoms with E-state index in [0.717, 1.165) is 36.9 Å². The predicted octanol–water partition coefficient (Wildman–Crippen LogP) is 4.86. The van der Waals surface area contributed by atoms with Gasteiger partial charge in [0.05, 0.1) is 35.4 Å². The molecular formula is C24H20ClF3N6. The first kappa shape index (κ1) is 21.4. The molecule has 34 heavy (non-hydrogen) atoms. The molecule has 0 aliphatic carbocycles. The highest BCUT2D eigenvalue weighted by Crippen LogP contribution is 2.40. The van der Waals surface area contributed by atoms with Gasteiger partial charge in [-0.05, 0) is 30.3 Å². The summed E-state index contributed by atoms with van der Waals surface area (Å²) in [4.78, 5) is 10.9. The van der Waals surface area contributed by atoms with E-state index in [0.29, 0.717) is 27.4 Å². The molecule has 10 heteroatoms. The van der Waals surface area contributed by atoms with Crippen molar-refractivity contribution in [1.29, 1.82) is 0 Å². The fourth-order valence-corrected chi connectivity index (χ4v) is 4.95. The maximum Gasteiger partial charge on any atom is 0.130 e. The zero-order valence-corrected chi connectivity index (χ0v) is 18.7. The Balaban J connectivity index is 1.45. The van der Waals surface area contributed by atoms with Crippen molar-refractivity contribution < 1.29 is 13.2 Å². The molecule has 6 rings (SSSR count). The molecule has 1 aromatic carbocycles. The van der Waals surface area contributed by atoms with Crippen molar-refractivity contribution in [2.75, 3.05) is 24.5 Å². The van der Waals surface area contributed by atoms with E-state index in [1.165, 1.54) is 0 Å². The highest BCUT2D eigenvalue weighted by Gasteiger charge is 2.36. The summed E-state index contributed by atoms with van der Waals surface area (Å²) in [6.07, 6.45) is 4.09. The van der Waals surface area contributed by atoms with Crippen LogP contribution in [0.1, 0.15) is 24.1 Å². The van der Waals surface area contributed by atoms with Gasteiger partial charge in [0.1, 0.15) is 29.1 Å². The fourth-order valence-electron chi connectivity index (χ4n) is 4.70. The predicted molar refractivity (Wildman–Crippen MR) is 124 cm³/mol. The van der Waals surface area contributed by atoms with E-state index in [2.05, 4.69) is 15.4 Å². The number of halogens is 4. The van der Waals surface area contributed by atoms with Gasteiger partial charge in [-0.3, -0.25) is 9.67 Å². The minimum absolute atomic E-state index is 0.0229. The Morgan fingerprint density at radius 1 is 1.09 bits per heavy atom. The SMILES string of the molecule is Fc1ccc(F)c([C@H]2C[C@H](F)CN2c2ccc3ncc(Cl)c(-c4cnn(C5CNC5)c4)c3n2)c1. The van der Waals surface area contributed by atoms with Gasteiger partial charge in [0.15, 0.2) is 0 Å². The van der Waals surface area contributed by atoms with Crippen molar-refractivity contribution in [2.24, 2.45) is 0 Å². The number of hydrogen-bond donors (Lipinski definition) is 1. The first-order chi connectivity index (χ1) is 16.5. The Hall–Kier alpha value is -3.17. The Morgan fingerprint density at radius 3 is 2.74 bits per heavy atom. The molecule has 2 fully saturated rings. The lowest BCUT2D eigenvalue weighted by Gasteiger charge is -2.27.